The molecule has 26 heavy (non-hydrogen) atoms. The van der Waals surface area contributed by atoms with Crippen molar-refractivity contribution in [2.24, 2.45) is 11.0 Å². The van der Waals surface area contributed by atoms with Gasteiger partial charge in [0.15, 0.2) is 0 Å². The number of phenolic OH excluding ortho intramolecular Hbond substituents is 1. The SMILES string of the molecule is C[C@]1(c2ccccc2)C[C@@H]1C(=O)NN=Cc1c(O)ccc2ccccc12. The molecular weight excluding hydrogens is 324 g/mol. The number of benzene rings is 3. The molecule has 0 aliphatic heterocycles. The number of aromatic hydroxyl groups is 1. The van der Waals surface area contributed by atoms with Crippen LogP contribution in [0.5, 0.6) is 5.75 Å². The Hall–Kier alpha value is -3.14. The summed E-state index contributed by atoms with van der Waals surface area (Å²) in [7, 11) is 0. The van der Waals surface area contributed by atoms with Crippen molar-refractivity contribution < 1.29 is 9.90 Å². The fourth-order valence-electron chi connectivity index (χ4n) is 3.54. The van der Waals surface area contributed by atoms with Gasteiger partial charge >= 0.3 is 0 Å². The minimum absolute atomic E-state index is 0.0804. The maximum atomic E-state index is 12.4. The number of rotatable bonds is 4. The van der Waals surface area contributed by atoms with E-state index >= 15 is 0 Å². The van der Waals surface area contributed by atoms with Gasteiger partial charge in [-0.15, -0.1) is 0 Å². The zero-order valence-corrected chi connectivity index (χ0v) is 14.5. The van der Waals surface area contributed by atoms with Gasteiger partial charge in [0.25, 0.3) is 0 Å². The molecule has 4 rings (SSSR count). The van der Waals surface area contributed by atoms with Crippen LogP contribution < -0.4 is 5.43 Å². The number of hydrogen-bond acceptors (Lipinski definition) is 3. The number of nitrogens with zero attached hydrogens (tertiary/aromatic N) is 1. The Morgan fingerprint density at radius 1 is 1.12 bits per heavy atom. The predicted octanol–water partition coefficient (Wildman–Crippen LogP) is 3.97. The van der Waals surface area contributed by atoms with Crippen LogP contribution in [0.1, 0.15) is 24.5 Å². The van der Waals surface area contributed by atoms with Crippen LogP contribution in [0, 0.1) is 5.92 Å². The number of hydrazone groups is 1. The zero-order chi connectivity index (χ0) is 18.1. The van der Waals surface area contributed by atoms with Crippen LogP contribution in [-0.4, -0.2) is 17.2 Å². The van der Waals surface area contributed by atoms with Crippen molar-refractivity contribution >= 4 is 22.9 Å². The lowest BCUT2D eigenvalue weighted by molar-refractivity contribution is -0.122. The normalized spacial score (nSPS) is 21.8. The van der Waals surface area contributed by atoms with E-state index in [2.05, 4.69) is 29.6 Å². The van der Waals surface area contributed by atoms with Gasteiger partial charge in [0.1, 0.15) is 5.75 Å². The molecule has 0 unspecified atom stereocenters. The Morgan fingerprint density at radius 2 is 1.85 bits per heavy atom. The van der Waals surface area contributed by atoms with Gasteiger partial charge in [-0.05, 0) is 28.8 Å². The van der Waals surface area contributed by atoms with Gasteiger partial charge in [0.2, 0.25) is 5.91 Å². The maximum absolute atomic E-state index is 12.4. The van der Waals surface area contributed by atoms with Crippen LogP contribution in [0.25, 0.3) is 10.8 Å². The average molecular weight is 344 g/mol. The summed E-state index contributed by atoms with van der Waals surface area (Å²) >= 11 is 0. The highest BCUT2D eigenvalue weighted by Crippen LogP contribution is 2.53. The number of carbonyl (C=O) groups excluding carboxylic acids is 1. The lowest BCUT2D eigenvalue weighted by Gasteiger charge is -2.10. The average Bonchev–Trinajstić information content (AvgIpc) is 3.37. The van der Waals surface area contributed by atoms with E-state index in [0.717, 1.165) is 17.2 Å². The molecule has 0 heterocycles. The fraction of sp³-hybridized carbons (Fsp3) is 0.182. The number of nitrogens with one attached hydrogen (secondary N) is 1. The van der Waals surface area contributed by atoms with Crippen molar-refractivity contribution in [1.82, 2.24) is 5.43 Å². The molecule has 2 N–H and O–H groups in total. The van der Waals surface area contributed by atoms with Crippen LogP contribution in [0.3, 0.4) is 0 Å². The summed E-state index contributed by atoms with van der Waals surface area (Å²) in [6.07, 6.45) is 2.33. The Kier molecular flexibility index (Phi) is 3.96. The smallest absolute Gasteiger partial charge is 0.244 e. The second-order valence-electron chi connectivity index (χ2n) is 6.99. The molecule has 0 bridgehead atoms. The van der Waals surface area contributed by atoms with E-state index in [1.807, 2.05) is 48.5 Å². The van der Waals surface area contributed by atoms with Crippen LogP contribution >= 0.6 is 0 Å². The van der Waals surface area contributed by atoms with Crippen molar-refractivity contribution in [2.75, 3.05) is 0 Å². The monoisotopic (exact) mass is 344 g/mol. The van der Waals surface area contributed by atoms with Crippen LogP contribution in [0.2, 0.25) is 0 Å². The largest absolute Gasteiger partial charge is 0.507 e. The molecule has 3 aromatic carbocycles. The summed E-state index contributed by atoms with van der Waals surface area (Å²) < 4.78 is 0. The summed E-state index contributed by atoms with van der Waals surface area (Å²) in [6, 6.07) is 21.3. The molecule has 1 aliphatic carbocycles. The Balaban J connectivity index is 1.49. The highest BCUT2D eigenvalue weighted by molar-refractivity contribution is 6.02. The van der Waals surface area contributed by atoms with E-state index in [9.17, 15) is 9.90 Å². The van der Waals surface area contributed by atoms with Gasteiger partial charge < -0.3 is 5.11 Å². The van der Waals surface area contributed by atoms with Crippen LogP contribution in [0.15, 0.2) is 71.8 Å². The van der Waals surface area contributed by atoms with E-state index in [4.69, 9.17) is 0 Å². The molecule has 130 valence electrons. The van der Waals surface area contributed by atoms with Crippen molar-refractivity contribution in [2.45, 2.75) is 18.8 Å². The number of hydrogen-bond donors (Lipinski definition) is 2. The van der Waals surface area contributed by atoms with Crippen molar-refractivity contribution in [1.29, 1.82) is 0 Å². The molecule has 0 aromatic heterocycles. The summed E-state index contributed by atoms with van der Waals surface area (Å²) in [5.74, 6) is -0.0299. The fourth-order valence-corrected chi connectivity index (χ4v) is 3.54. The molecule has 4 heteroatoms. The van der Waals surface area contributed by atoms with Gasteiger partial charge in [-0.25, -0.2) is 5.43 Å². The van der Waals surface area contributed by atoms with E-state index < -0.39 is 0 Å². The topological polar surface area (TPSA) is 61.7 Å². The molecular formula is C22H20N2O2. The molecule has 0 radical (unpaired) electrons. The first kappa shape index (κ1) is 16.3. The molecule has 2 atom stereocenters. The summed E-state index contributed by atoms with van der Waals surface area (Å²) in [6.45, 7) is 2.10. The summed E-state index contributed by atoms with van der Waals surface area (Å²) in [5, 5.41) is 16.1. The lowest BCUT2D eigenvalue weighted by atomic mass is 9.95. The highest BCUT2D eigenvalue weighted by Gasteiger charge is 2.55. The molecule has 3 aromatic rings. The van der Waals surface area contributed by atoms with E-state index in [0.29, 0.717) is 5.56 Å². The van der Waals surface area contributed by atoms with Gasteiger partial charge in [-0.2, -0.15) is 5.10 Å². The van der Waals surface area contributed by atoms with Crippen LogP contribution in [-0.2, 0) is 10.2 Å². The predicted molar refractivity (Wildman–Crippen MR) is 103 cm³/mol. The number of phenols is 1. The van der Waals surface area contributed by atoms with Gasteiger partial charge in [-0.1, -0.05) is 67.6 Å². The molecule has 4 nitrogen and oxygen atoms in total. The summed E-state index contributed by atoms with van der Waals surface area (Å²) in [5.41, 5.74) is 4.29. The Labute approximate surface area is 152 Å². The van der Waals surface area contributed by atoms with Crippen LogP contribution in [0.4, 0.5) is 0 Å². The van der Waals surface area contributed by atoms with E-state index in [1.165, 1.54) is 11.8 Å². The minimum Gasteiger partial charge on any atom is -0.507 e. The first-order valence-corrected chi connectivity index (χ1v) is 8.69. The third kappa shape index (κ3) is 2.84. The van der Waals surface area contributed by atoms with Crippen molar-refractivity contribution in [3.8, 4) is 5.75 Å². The van der Waals surface area contributed by atoms with Gasteiger partial charge in [-0.3, -0.25) is 4.79 Å². The molecule has 0 spiro atoms. The Bertz CT molecular complexity index is 997. The standard InChI is InChI=1S/C22H20N2O2/c1-22(16-8-3-2-4-9-16)13-19(22)21(26)24-23-14-18-17-10-6-5-7-15(17)11-12-20(18)25/h2-12,14,19,25H,13H2,1H3,(H,24,26)/t19-,22-/m1/s1. The third-order valence-corrected chi connectivity index (χ3v) is 5.30. The minimum atomic E-state index is -0.123. The molecule has 1 fully saturated rings. The van der Waals surface area contributed by atoms with Gasteiger partial charge in [0, 0.05) is 11.0 Å². The van der Waals surface area contributed by atoms with Gasteiger partial charge in [0.05, 0.1) is 12.1 Å². The third-order valence-electron chi connectivity index (χ3n) is 5.30. The Morgan fingerprint density at radius 3 is 2.65 bits per heavy atom. The quantitative estimate of drug-likeness (QED) is 0.556. The molecule has 1 amide bonds. The number of carbonyl (C=O) groups is 1. The number of fused-ring (bicyclic) bond motifs is 1. The first-order valence-electron chi connectivity index (χ1n) is 8.69. The first-order chi connectivity index (χ1) is 12.6. The molecule has 1 aliphatic rings. The second-order valence-corrected chi connectivity index (χ2v) is 6.99. The van der Waals surface area contributed by atoms with Crippen molar-refractivity contribution in [3.05, 3.63) is 77.9 Å². The highest BCUT2D eigenvalue weighted by atomic mass is 16.3. The zero-order valence-electron chi connectivity index (χ0n) is 14.5. The molecule has 0 saturated heterocycles. The lowest BCUT2D eigenvalue weighted by Crippen LogP contribution is -2.23. The van der Waals surface area contributed by atoms with E-state index in [1.54, 1.807) is 6.07 Å². The molecule has 1 saturated carbocycles. The van der Waals surface area contributed by atoms with E-state index in [-0.39, 0.29) is 23.0 Å². The summed E-state index contributed by atoms with van der Waals surface area (Å²) in [4.78, 5) is 12.4. The maximum Gasteiger partial charge on any atom is 0.244 e. The van der Waals surface area contributed by atoms with Crippen molar-refractivity contribution in [3.63, 3.8) is 0 Å². The number of amides is 1. The second kappa shape index (κ2) is 6.30.